The highest BCUT2D eigenvalue weighted by atomic mass is 79.9. The summed E-state index contributed by atoms with van der Waals surface area (Å²) in [7, 11) is 1.15. The molecular formula is C12H18BrF3N4O. The van der Waals surface area contributed by atoms with Crippen molar-refractivity contribution in [3.63, 3.8) is 0 Å². The van der Waals surface area contributed by atoms with Crippen LogP contribution in [-0.4, -0.2) is 46.8 Å². The van der Waals surface area contributed by atoms with Crippen molar-refractivity contribution in [2.24, 2.45) is 7.05 Å². The molecule has 0 aliphatic heterocycles. The van der Waals surface area contributed by atoms with Crippen molar-refractivity contribution in [1.29, 1.82) is 0 Å². The molecule has 1 aromatic heterocycles. The highest BCUT2D eigenvalue weighted by Gasteiger charge is 2.39. The fraction of sp³-hybridized carbons (Fsp3) is 0.667. The number of rotatable bonds is 6. The van der Waals surface area contributed by atoms with E-state index >= 15 is 0 Å². The summed E-state index contributed by atoms with van der Waals surface area (Å²) in [5.41, 5.74) is -1.24. The molecule has 0 saturated carbocycles. The van der Waals surface area contributed by atoms with Gasteiger partial charge in [0.1, 0.15) is 0 Å². The van der Waals surface area contributed by atoms with Crippen LogP contribution in [0.15, 0.2) is 4.47 Å². The summed E-state index contributed by atoms with van der Waals surface area (Å²) in [5, 5.41) is 6.22. The maximum absolute atomic E-state index is 12.8. The van der Waals surface area contributed by atoms with Gasteiger partial charge in [-0.25, -0.2) is 0 Å². The topological polar surface area (TPSA) is 50.2 Å². The Morgan fingerprint density at radius 3 is 2.38 bits per heavy atom. The van der Waals surface area contributed by atoms with E-state index in [1.54, 1.807) is 0 Å². The average molecular weight is 371 g/mol. The molecule has 5 nitrogen and oxygen atoms in total. The van der Waals surface area contributed by atoms with Gasteiger partial charge in [0, 0.05) is 20.1 Å². The first-order chi connectivity index (χ1) is 9.72. The van der Waals surface area contributed by atoms with E-state index in [-0.39, 0.29) is 10.2 Å². The molecule has 1 aromatic rings. The zero-order valence-electron chi connectivity index (χ0n) is 12.1. The van der Waals surface area contributed by atoms with Gasteiger partial charge in [-0.1, -0.05) is 13.8 Å². The number of carbonyl (C=O) groups excluding carboxylic acids is 1. The van der Waals surface area contributed by atoms with E-state index in [1.807, 2.05) is 13.8 Å². The monoisotopic (exact) mass is 370 g/mol. The van der Waals surface area contributed by atoms with E-state index in [9.17, 15) is 18.0 Å². The van der Waals surface area contributed by atoms with Gasteiger partial charge in [0.25, 0.3) is 5.91 Å². The number of hydrogen-bond acceptors (Lipinski definition) is 3. The molecule has 0 saturated heterocycles. The Bertz CT molecular complexity index is 497. The quantitative estimate of drug-likeness (QED) is 0.835. The number of aromatic nitrogens is 2. The Morgan fingerprint density at radius 2 is 1.95 bits per heavy atom. The Morgan fingerprint density at radius 1 is 1.38 bits per heavy atom. The summed E-state index contributed by atoms with van der Waals surface area (Å²) in [5.74, 6) is -0.625. The van der Waals surface area contributed by atoms with E-state index in [1.165, 1.54) is 0 Å². The second-order valence-corrected chi connectivity index (χ2v) is 5.21. The number of nitrogens with one attached hydrogen (secondary N) is 1. The van der Waals surface area contributed by atoms with Crippen molar-refractivity contribution >= 4 is 21.8 Å². The maximum Gasteiger partial charge on any atom is 0.434 e. The fourth-order valence-corrected chi connectivity index (χ4v) is 2.64. The molecule has 120 valence electrons. The lowest BCUT2D eigenvalue weighted by Gasteiger charge is -2.17. The molecule has 0 fully saturated rings. The first kappa shape index (κ1) is 18.0. The standard InChI is InChI=1S/C12H18BrF3N4O/c1-4-20(5-2)7-6-17-11(21)9-8(13)10(12(14,15)16)19(3)18-9/h4-7H2,1-3H3,(H,17,21). The highest BCUT2D eigenvalue weighted by Crippen LogP contribution is 2.36. The van der Waals surface area contributed by atoms with Gasteiger partial charge in [0.05, 0.1) is 4.47 Å². The molecule has 0 bridgehead atoms. The number of amides is 1. The van der Waals surface area contributed by atoms with Crippen LogP contribution in [0.25, 0.3) is 0 Å². The van der Waals surface area contributed by atoms with Gasteiger partial charge in [0.2, 0.25) is 0 Å². The largest absolute Gasteiger partial charge is 0.434 e. The molecule has 0 unspecified atom stereocenters. The number of aryl methyl sites for hydroxylation is 1. The third-order valence-corrected chi connectivity index (χ3v) is 3.83. The van der Waals surface area contributed by atoms with Crippen LogP contribution in [0, 0.1) is 0 Å². The molecule has 1 heterocycles. The van der Waals surface area contributed by atoms with E-state index in [0.717, 1.165) is 20.1 Å². The summed E-state index contributed by atoms with van der Waals surface area (Å²) in [6.45, 7) is 6.67. The van der Waals surface area contributed by atoms with Crippen LogP contribution in [0.3, 0.4) is 0 Å². The maximum atomic E-state index is 12.8. The molecule has 1 rings (SSSR count). The highest BCUT2D eigenvalue weighted by molar-refractivity contribution is 9.10. The molecule has 0 aliphatic rings. The minimum Gasteiger partial charge on any atom is -0.349 e. The SMILES string of the molecule is CCN(CC)CCNC(=O)c1nn(C)c(C(F)(F)F)c1Br. The second kappa shape index (κ2) is 7.26. The first-order valence-corrected chi connectivity index (χ1v) is 7.31. The van der Waals surface area contributed by atoms with Crippen LogP contribution < -0.4 is 5.32 Å². The van der Waals surface area contributed by atoms with Crippen molar-refractivity contribution in [1.82, 2.24) is 20.0 Å². The molecule has 0 aliphatic carbocycles. The van der Waals surface area contributed by atoms with E-state index in [2.05, 4.69) is 31.2 Å². The molecule has 0 radical (unpaired) electrons. The number of carbonyl (C=O) groups is 1. The van der Waals surface area contributed by atoms with Crippen LogP contribution in [0.1, 0.15) is 30.0 Å². The molecule has 21 heavy (non-hydrogen) atoms. The first-order valence-electron chi connectivity index (χ1n) is 6.52. The van der Waals surface area contributed by atoms with Crippen molar-refractivity contribution in [2.45, 2.75) is 20.0 Å². The van der Waals surface area contributed by atoms with Gasteiger partial charge < -0.3 is 10.2 Å². The lowest BCUT2D eigenvalue weighted by atomic mass is 10.3. The minimum atomic E-state index is -4.57. The predicted octanol–water partition coefficient (Wildman–Crippen LogP) is 2.27. The minimum absolute atomic E-state index is 0.260. The zero-order chi connectivity index (χ0) is 16.2. The van der Waals surface area contributed by atoms with E-state index in [4.69, 9.17) is 0 Å². The van der Waals surface area contributed by atoms with Crippen molar-refractivity contribution < 1.29 is 18.0 Å². The van der Waals surface area contributed by atoms with Gasteiger partial charge in [-0.3, -0.25) is 9.48 Å². The molecule has 0 atom stereocenters. The summed E-state index contributed by atoms with van der Waals surface area (Å²) in [6.07, 6.45) is -4.57. The summed E-state index contributed by atoms with van der Waals surface area (Å²) < 4.78 is 38.7. The van der Waals surface area contributed by atoms with E-state index in [0.29, 0.717) is 17.8 Å². The summed E-state index contributed by atoms with van der Waals surface area (Å²) in [6, 6.07) is 0. The van der Waals surface area contributed by atoms with Crippen LogP contribution in [0.4, 0.5) is 13.2 Å². The predicted molar refractivity (Wildman–Crippen MR) is 76.0 cm³/mol. The molecule has 1 amide bonds. The molecule has 0 aromatic carbocycles. The average Bonchev–Trinajstić information content (AvgIpc) is 2.69. The number of likely N-dealkylation sites (N-methyl/N-ethyl adjacent to an activating group) is 1. The zero-order valence-corrected chi connectivity index (χ0v) is 13.7. The number of hydrogen-bond donors (Lipinski definition) is 1. The van der Waals surface area contributed by atoms with Gasteiger partial charge in [-0.15, -0.1) is 0 Å². The molecule has 9 heteroatoms. The van der Waals surface area contributed by atoms with Gasteiger partial charge in [0.15, 0.2) is 11.4 Å². The molecule has 1 N–H and O–H groups in total. The summed E-state index contributed by atoms with van der Waals surface area (Å²) in [4.78, 5) is 14.0. The Kier molecular flexibility index (Phi) is 6.21. The number of halogens is 4. The Labute approximate surface area is 129 Å². The normalized spacial score (nSPS) is 12.0. The van der Waals surface area contributed by atoms with Crippen molar-refractivity contribution in [3.8, 4) is 0 Å². The Balaban J connectivity index is 2.76. The van der Waals surface area contributed by atoms with Crippen LogP contribution in [0.2, 0.25) is 0 Å². The summed E-state index contributed by atoms with van der Waals surface area (Å²) >= 11 is 2.81. The Hall–Kier alpha value is -1.09. The third kappa shape index (κ3) is 4.44. The lowest BCUT2D eigenvalue weighted by molar-refractivity contribution is -0.144. The molecular weight excluding hydrogens is 353 g/mol. The van der Waals surface area contributed by atoms with Gasteiger partial charge in [-0.2, -0.15) is 18.3 Å². The van der Waals surface area contributed by atoms with E-state index < -0.39 is 17.8 Å². The van der Waals surface area contributed by atoms with Crippen molar-refractivity contribution in [2.75, 3.05) is 26.2 Å². The smallest absolute Gasteiger partial charge is 0.349 e. The van der Waals surface area contributed by atoms with Gasteiger partial charge in [-0.05, 0) is 29.0 Å². The van der Waals surface area contributed by atoms with Gasteiger partial charge >= 0.3 is 6.18 Å². The fourth-order valence-electron chi connectivity index (χ4n) is 1.90. The number of alkyl halides is 3. The van der Waals surface area contributed by atoms with Crippen molar-refractivity contribution in [3.05, 3.63) is 15.9 Å². The lowest BCUT2D eigenvalue weighted by Crippen LogP contribution is -2.35. The molecule has 0 spiro atoms. The van der Waals surface area contributed by atoms with Crippen LogP contribution >= 0.6 is 15.9 Å². The second-order valence-electron chi connectivity index (χ2n) is 4.42. The number of nitrogens with zero attached hydrogens (tertiary/aromatic N) is 3. The third-order valence-electron chi connectivity index (χ3n) is 3.08. The van der Waals surface area contributed by atoms with Crippen LogP contribution in [-0.2, 0) is 13.2 Å². The van der Waals surface area contributed by atoms with Crippen LogP contribution in [0.5, 0.6) is 0 Å².